The van der Waals surface area contributed by atoms with Crippen molar-refractivity contribution in [3.63, 3.8) is 0 Å². The minimum Gasteiger partial charge on any atom is -0.481 e. The molecule has 0 aliphatic heterocycles. The lowest BCUT2D eigenvalue weighted by Crippen LogP contribution is -2.43. The third kappa shape index (κ3) is 4.28. The predicted molar refractivity (Wildman–Crippen MR) is 72.4 cm³/mol. The summed E-state index contributed by atoms with van der Waals surface area (Å²) in [6, 6.07) is 4.11. The highest BCUT2D eigenvalue weighted by Gasteiger charge is 2.29. The zero-order chi connectivity index (χ0) is 15.6. The molecule has 0 atom stereocenters. The van der Waals surface area contributed by atoms with E-state index in [1.807, 2.05) is 0 Å². The molecular weight excluding hydrogens is 285 g/mol. The number of carboxylic acids is 1. The minimum atomic E-state index is -4.04. The summed E-state index contributed by atoms with van der Waals surface area (Å²) < 4.78 is 40.5. The maximum Gasteiger partial charge on any atom is 0.303 e. The van der Waals surface area contributed by atoms with Crippen molar-refractivity contribution in [2.75, 3.05) is 0 Å². The van der Waals surface area contributed by atoms with E-state index in [4.69, 9.17) is 5.11 Å². The Morgan fingerprint density at radius 2 is 2.00 bits per heavy atom. The van der Waals surface area contributed by atoms with Gasteiger partial charge in [0.25, 0.3) is 0 Å². The second-order valence-corrected chi connectivity index (χ2v) is 6.92. The van der Waals surface area contributed by atoms with Gasteiger partial charge in [0.15, 0.2) is 0 Å². The molecule has 1 aromatic carbocycles. The number of sulfonamides is 1. The van der Waals surface area contributed by atoms with E-state index in [2.05, 4.69) is 4.72 Å². The lowest BCUT2D eigenvalue weighted by atomic mass is 10.0. The van der Waals surface area contributed by atoms with Crippen LogP contribution in [0.1, 0.15) is 32.3 Å². The Hall–Kier alpha value is -1.47. The van der Waals surface area contributed by atoms with Crippen molar-refractivity contribution >= 4 is 16.0 Å². The van der Waals surface area contributed by atoms with Crippen LogP contribution < -0.4 is 4.72 Å². The van der Waals surface area contributed by atoms with Gasteiger partial charge in [0.1, 0.15) is 10.7 Å². The van der Waals surface area contributed by atoms with Gasteiger partial charge in [-0.2, -0.15) is 0 Å². The van der Waals surface area contributed by atoms with Crippen LogP contribution in [0.15, 0.2) is 23.1 Å². The summed E-state index contributed by atoms with van der Waals surface area (Å²) in [7, 11) is -4.04. The van der Waals surface area contributed by atoms with E-state index in [0.29, 0.717) is 0 Å². The molecule has 0 amide bonds. The SMILES string of the molecule is Cc1cccc(S(=O)(=O)NC(C)(C)CCC(=O)O)c1F. The first-order valence-corrected chi connectivity index (χ1v) is 7.54. The van der Waals surface area contributed by atoms with Crippen LogP contribution in [0.25, 0.3) is 0 Å². The van der Waals surface area contributed by atoms with E-state index in [9.17, 15) is 17.6 Å². The Morgan fingerprint density at radius 1 is 1.40 bits per heavy atom. The number of benzene rings is 1. The summed E-state index contributed by atoms with van der Waals surface area (Å²) in [6.07, 6.45) is -0.0686. The van der Waals surface area contributed by atoms with Gasteiger partial charge in [-0.25, -0.2) is 17.5 Å². The molecule has 0 fully saturated rings. The summed E-state index contributed by atoms with van der Waals surface area (Å²) in [4.78, 5) is 10.1. The van der Waals surface area contributed by atoms with Crippen LogP contribution in [-0.4, -0.2) is 25.0 Å². The van der Waals surface area contributed by atoms with Gasteiger partial charge >= 0.3 is 5.97 Å². The van der Waals surface area contributed by atoms with Crippen LogP contribution in [0.2, 0.25) is 0 Å². The number of hydrogen-bond donors (Lipinski definition) is 2. The van der Waals surface area contributed by atoms with E-state index in [1.54, 1.807) is 13.8 Å². The van der Waals surface area contributed by atoms with E-state index in [-0.39, 0.29) is 18.4 Å². The highest BCUT2D eigenvalue weighted by molar-refractivity contribution is 7.89. The summed E-state index contributed by atoms with van der Waals surface area (Å²) in [6.45, 7) is 4.59. The monoisotopic (exact) mass is 303 g/mol. The molecule has 0 saturated heterocycles. The Labute approximate surface area is 117 Å². The normalized spacial score (nSPS) is 12.4. The molecule has 1 aromatic rings. The molecular formula is C13H18FNO4S. The zero-order valence-corrected chi connectivity index (χ0v) is 12.4. The molecule has 0 aliphatic rings. The van der Waals surface area contributed by atoms with Crippen LogP contribution >= 0.6 is 0 Å². The van der Waals surface area contributed by atoms with Crippen molar-refractivity contribution in [2.24, 2.45) is 0 Å². The van der Waals surface area contributed by atoms with Gasteiger partial charge in [0.2, 0.25) is 10.0 Å². The lowest BCUT2D eigenvalue weighted by Gasteiger charge is -2.25. The Kier molecular flexibility index (Phi) is 4.88. The Bertz CT molecular complexity index is 611. The van der Waals surface area contributed by atoms with Crippen LogP contribution in [-0.2, 0) is 14.8 Å². The second kappa shape index (κ2) is 5.88. The molecule has 0 saturated carbocycles. The maximum atomic E-state index is 13.9. The molecule has 0 aliphatic carbocycles. The standard InChI is InChI=1S/C13H18FNO4S/c1-9-5-4-6-10(12(9)14)20(18,19)15-13(2,3)8-7-11(16)17/h4-6,15H,7-8H2,1-3H3,(H,16,17). The third-order valence-electron chi connectivity index (χ3n) is 2.82. The zero-order valence-electron chi connectivity index (χ0n) is 11.6. The van der Waals surface area contributed by atoms with Crippen molar-refractivity contribution in [3.8, 4) is 0 Å². The smallest absolute Gasteiger partial charge is 0.303 e. The maximum absolute atomic E-state index is 13.9. The molecule has 7 heteroatoms. The molecule has 0 aromatic heterocycles. The molecule has 0 spiro atoms. The van der Waals surface area contributed by atoms with Crippen molar-refractivity contribution in [1.82, 2.24) is 4.72 Å². The van der Waals surface area contributed by atoms with E-state index >= 15 is 0 Å². The van der Waals surface area contributed by atoms with Gasteiger partial charge in [-0.15, -0.1) is 0 Å². The minimum absolute atomic E-state index is 0.106. The molecule has 20 heavy (non-hydrogen) atoms. The predicted octanol–water partition coefficient (Wildman–Crippen LogP) is 2.06. The first kappa shape index (κ1) is 16.6. The highest BCUT2D eigenvalue weighted by atomic mass is 32.2. The van der Waals surface area contributed by atoms with Gasteiger partial charge in [-0.1, -0.05) is 12.1 Å². The number of aryl methyl sites for hydroxylation is 1. The van der Waals surface area contributed by atoms with E-state index in [1.165, 1.54) is 25.1 Å². The quantitative estimate of drug-likeness (QED) is 0.842. The van der Waals surface area contributed by atoms with Gasteiger partial charge in [0.05, 0.1) is 0 Å². The molecule has 0 heterocycles. The molecule has 0 bridgehead atoms. The molecule has 2 N–H and O–H groups in total. The number of aliphatic carboxylic acids is 1. The van der Waals surface area contributed by atoms with Gasteiger partial charge in [0, 0.05) is 12.0 Å². The van der Waals surface area contributed by atoms with E-state index in [0.717, 1.165) is 0 Å². The van der Waals surface area contributed by atoms with Gasteiger partial charge < -0.3 is 5.11 Å². The van der Waals surface area contributed by atoms with Crippen molar-refractivity contribution < 1.29 is 22.7 Å². The molecule has 0 radical (unpaired) electrons. The summed E-state index contributed by atoms with van der Waals surface area (Å²) >= 11 is 0. The summed E-state index contributed by atoms with van der Waals surface area (Å²) in [5, 5.41) is 8.64. The fourth-order valence-corrected chi connectivity index (χ4v) is 3.31. The Morgan fingerprint density at radius 3 is 2.55 bits per heavy atom. The summed E-state index contributed by atoms with van der Waals surface area (Å²) in [5.74, 6) is -1.81. The fourth-order valence-electron chi connectivity index (χ4n) is 1.72. The van der Waals surface area contributed by atoms with Crippen molar-refractivity contribution in [1.29, 1.82) is 0 Å². The third-order valence-corrected chi connectivity index (χ3v) is 4.54. The number of rotatable bonds is 6. The molecule has 112 valence electrons. The van der Waals surface area contributed by atoms with Crippen LogP contribution in [0.4, 0.5) is 4.39 Å². The largest absolute Gasteiger partial charge is 0.481 e. The summed E-state index contributed by atoms with van der Waals surface area (Å²) in [5.41, 5.74) is -0.746. The average molecular weight is 303 g/mol. The first-order chi connectivity index (χ1) is 9.05. The number of halogens is 1. The lowest BCUT2D eigenvalue weighted by molar-refractivity contribution is -0.137. The highest BCUT2D eigenvalue weighted by Crippen LogP contribution is 2.21. The van der Waals surface area contributed by atoms with Crippen LogP contribution in [0.3, 0.4) is 0 Å². The van der Waals surface area contributed by atoms with Gasteiger partial charge in [-0.3, -0.25) is 4.79 Å². The van der Waals surface area contributed by atoms with Crippen LogP contribution in [0.5, 0.6) is 0 Å². The molecule has 5 nitrogen and oxygen atoms in total. The van der Waals surface area contributed by atoms with Crippen molar-refractivity contribution in [2.45, 2.75) is 44.0 Å². The van der Waals surface area contributed by atoms with E-state index < -0.39 is 32.2 Å². The van der Waals surface area contributed by atoms with Crippen molar-refractivity contribution in [3.05, 3.63) is 29.6 Å². The molecule has 1 rings (SSSR count). The van der Waals surface area contributed by atoms with Crippen LogP contribution in [0, 0.1) is 12.7 Å². The number of carbonyl (C=O) groups is 1. The average Bonchev–Trinajstić information content (AvgIpc) is 2.29. The second-order valence-electron chi connectivity index (χ2n) is 5.27. The number of carboxylic acid groups (broad SMARTS) is 1. The first-order valence-electron chi connectivity index (χ1n) is 6.06. The fraction of sp³-hybridized carbons (Fsp3) is 0.462. The molecule has 0 unspecified atom stereocenters. The number of hydrogen-bond acceptors (Lipinski definition) is 3. The number of nitrogens with one attached hydrogen (secondary N) is 1. The Balaban J connectivity index is 3.00. The topological polar surface area (TPSA) is 83.5 Å². The van der Waals surface area contributed by atoms with Gasteiger partial charge in [-0.05, 0) is 38.8 Å².